The van der Waals surface area contributed by atoms with Crippen LogP contribution >= 0.6 is 11.6 Å². The van der Waals surface area contributed by atoms with Gasteiger partial charge in [-0.25, -0.2) is 13.4 Å². The highest BCUT2D eigenvalue weighted by molar-refractivity contribution is 7.92. The van der Waals surface area contributed by atoms with Crippen molar-refractivity contribution in [3.8, 4) is 5.75 Å². The lowest BCUT2D eigenvalue weighted by molar-refractivity contribution is 0.405. The van der Waals surface area contributed by atoms with E-state index in [1.807, 2.05) is 14.1 Å². The fourth-order valence-electron chi connectivity index (χ4n) is 2.20. The van der Waals surface area contributed by atoms with Crippen LogP contribution in [-0.2, 0) is 10.0 Å². The van der Waals surface area contributed by atoms with E-state index in [1.165, 1.54) is 31.5 Å². The number of methoxy groups -OCH3 is 1. The van der Waals surface area contributed by atoms with Crippen LogP contribution in [0.15, 0.2) is 41.4 Å². The quantitative estimate of drug-likeness (QED) is 0.632. The van der Waals surface area contributed by atoms with Gasteiger partial charge in [-0.15, -0.1) is 0 Å². The third-order valence-electron chi connectivity index (χ3n) is 3.54. The van der Waals surface area contributed by atoms with Crippen LogP contribution in [-0.4, -0.2) is 52.6 Å². The lowest BCUT2D eigenvalue weighted by atomic mass is 10.3. The van der Waals surface area contributed by atoms with Crippen LogP contribution in [0.1, 0.15) is 6.42 Å². The molecule has 142 valence electrons. The predicted molar refractivity (Wildman–Crippen MR) is 105 cm³/mol. The van der Waals surface area contributed by atoms with E-state index in [9.17, 15) is 8.42 Å². The van der Waals surface area contributed by atoms with Crippen LogP contribution in [0.2, 0.25) is 5.02 Å². The Balaban J connectivity index is 2.00. The first-order chi connectivity index (χ1) is 12.3. The van der Waals surface area contributed by atoms with Crippen LogP contribution in [0.4, 0.5) is 11.5 Å². The Morgan fingerprint density at radius 3 is 2.58 bits per heavy atom. The Labute approximate surface area is 159 Å². The molecule has 1 aromatic carbocycles. The van der Waals surface area contributed by atoms with Crippen molar-refractivity contribution < 1.29 is 13.2 Å². The second-order valence-corrected chi connectivity index (χ2v) is 8.01. The van der Waals surface area contributed by atoms with Gasteiger partial charge >= 0.3 is 0 Å². The molecule has 0 aliphatic carbocycles. The van der Waals surface area contributed by atoms with Crippen LogP contribution in [0.25, 0.3) is 0 Å². The molecule has 0 saturated carbocycles. The molecular weight excluding hydrogens is 376 g/mol. The van der Waals surface area contributed by atoms with E-state index in [4.69, 9.17) is 16.3 Å². The van der Waals surface area contributed by atoms with E-state index in [-0.39, 0.29) is 9.92 Å². The molecule has 0 saturated heterocycles. The number of anilines is 2. The maximum atomic E-state index is 12.5. The summed E-state index contributed by atoms with van der Waals surface area (Å²) < 4.78 is 32.4. The first-order valence-electron chi connectivity index (χ1n) is 8.03. The molecule has 0 atom stereocenters. The molecular formula is C17H23ClN4O3S. The van der Waals surface area contributed by atoms with Gasteiger partial charge < -0.3 is 15.0 Å². The minimum absolute atomic E-state index is 0.0502. The van der Waals surface area contributed by atoms with E-state index in [2.05, 4.69) is 19.9 Å². The highest BCUT2D eigenvalue weighted by atomic mass is 35.5. The number of ether oxygens (including phenoxy) is 1. The van der Waals surface area contributed by atoms with Crippen LogP contribution in [0.5, 0.6) is 5.75 Å². The largest absolute Gasteiger partial charge is 0.495 e. The molecule has 0 radical (unpaired) electrons. The Morgan fingerprint density at radius 1 is 1.23 bits per heavy atom. The molecule has 26 heavy (non-hydrogen) atoms. The Kier molecular flexibility index (Phi) is 7.07. The molecule has 0 fully saturated rings. The highest BCUT2D eigenvalue weighted by Gasteiger charge is 2.16. The zero-order valence-corrected chi connectivity index (χ0v) is 16.6. The van der Waals surface area contributed by atoms with Crippen molar-refractivity contribution in [3.05, 3.63) is 41.6 Å². The zero-order chi connectivity index (χ0) is 19.2. The zero-order valence-electron chi connectivity index (χ0n) is 15.0. The second-order valence-electron chi connectivity index (χ2n) is 5.92. The molecule has 0 aliphatic rings. The van der Waals surface area contributed by atoms with Crippen molar-refractivity contribution in [2.45, 2.75) is 11.3 Å². The summed E-state index contributed by atoms with van der Waals surface area (Å²) in [6, 6.07) is 7.67. The summed E-state index contributed by atoms with van der Waals surface area (Å²) in [6.45, 7) is 1.77. The van der Waals surface area contributed by atoms with E-state index in [1.54, 1.807) is 12.1 Å². The number of rotatable bonds is 9. The number of nitrogens with one attached hydrogen (secondary N) is 2. The number of halogens is 1. The topological polar surface area (TPSA) is 83.6 Å². The molecule has 7 nitrogen and oxygen atoms in total. The van der Waals surface area contributed by atoms with Gasteiger partial charge in [-0.1, -0.05) is 11.6 Å². The Bertz CT molecular complexity index is 826. The van der Waals surface area contributed by atoms with Crippen molar-refractivity contribution >= 4 is 33.1 Å². The summed E-state index contributed by atoms with van der Waals surface area (Å²) in [5.41, 5.74) is 0.371. The van der Waals surface area contributed by atoms with Crippen LogP contribution < -0.4 is 14.8 Å². The smallest absolute Gasteiger partial charge is 0.261 e. The van der Waals surface area contributed by atoms with Crippen LogP contribution in [0, 0.1) is 0 Å². The van der Waals surface area contributed by atoms with Crippen molar-refractivity contribution in [2.75, 3.05) is 44.3 Å². The minimum Gasteiger partial charge on any atom is -0.495 e. The second kappa shape index (κ2) is 9.07. The van der Waals surface area contributed by atoms with Gasteiger partial charge in [-0.2, -0.15) is 0 Å². The molecule has 1 aromatic heterocycles. The van der Waals surface area contributed by atoms with Gasteiger partial charge in [-0.3, -0.25) is 4.72 Å². The molecule has 1 heterocycles. The number of benzene rings is 1. The standard InChI is InChI=1S/C17H23ClN4O3S/c1-22(2)10-4-9-19-17-8-5-13(12-20-17)21-26(23,24)14-6-7-16(25-3)15(18)11-14/h5-8,11-12,21H,4,9-10H2,1-3H3,(H,19,20). The first kappa shape index (κ1) is 20.3. The molecule has 2 rings (SSSR count). The maximum absolute atomic E-state index is 12.5. The third-order valence-corrected chi connectivity index (χ3v) is 5.21. The van der Waals surface area contributed by atoms with Gasteiger partial charge in [0.2, 0.25) is 0 Å². The number of aromatic nitrogens is 1. The Morgan fingerprint density at radius 2 is 2.00 bits per heavy atom. The van der Waals surface area contributed by atoms with Crippen molar-refractivity contribution in [3.63, 3.8) is 0 Å². The molecule has 0 bridgehead atoms. The molecule has 2 N–H and O–H groups in total. The number of hydrogen-bond acceptors (Lipinski definition) is 6. The number of nitrogens with zero attached hydrogens (tertiary/aromatic N) is 2. The summed E-state index contributed by atoms with van der Waals surface area (Å²) in [6.07, 6.45) is 2.46. The molecule has 0 amide bonds. The molecule has 2 aromatic rings. The van der Waals surface area contributed by atoms with Gasteiger partial charge in [0.1, 0.15) is 11.6 Å². The average Bonchev–Trinajstić information content (AvgIpc) is 2.59. The predicted octanol–water partition coefficient (Wildman–Crippen LogP) is 2.91. The fraction of sp³-hybridized carbons (Fsp3) is 0.353. The summed E-state index contributed by atoms with van der Waals surface area (Å²) in [5, 5.41) is 3.42. The summed E-state index contributed by atoms with van der Waals surface area (Å²) in [4.78, 5) is 6.38. The maximum Gasteiger partial charge on any atom is 0.261 e. The van der Waals surface area contributed by atoms with E-state index in [0.29, 0.717) is 17.3 Å². The summed E-state index contributed by atoms with van der Waals surface area (Å²) >= 11 is 6.00. The SMILES string of the molecule is COc1ccc(S(=O)(=O)Nc2ccc(NCCCN(C)C)nc2)cc1Cl. The van der Waals surface area contributed by atoms with Crippen molar-refractivity contribution in [1.29, 1.82) is 0 Å². The minimum atomic E-state index is -3.76. The first-order valence-corrected chi connectivity index (χ1v) is 9.89. The van der Waals surface area contributed by atoms with Gasteiger partial charge in [0.05, 0.1) is 28.9 Å². The van der Waals surface area contributed by atoms with Crippen LogP contribution in [0.3, 0.4) is 0 Å². The monoisotopic (exact) mass is 398 g/mol. The number of sulfonamides is 1. The van der Waals surface area contributed by atoms with E-state index < -0.39 is 10.0 Å². The highest BCUT2D eigenvalue weighted by Crippen LogP contribution is 2.27. The third kappa shape index (κ3) is 5.76. The normalized spacial score (nSPS) is 11.4. The summed E-state index contributed by atoms with van der Waals surface area (Å²) in [5.74, 6) is 1.11. The molecule has 0 aliphatic heterocycles. The van der Waals surface area contributed by atoms with Gasteiger partial charge in [0.25, 0.3) is 10.0 Å². The fourth-order valence-corrected chi connectivity index (χ4v) is 3.59. The van der Waals surface area contributed by atoms with Gasteiger partial charge in [0, 0.05) is 6.54 Å². The number of hydrogen-bond donors (Lipinski definition) is 2. The molecule has 9 heteroatoms. The molecule has 0 unspecified atom stereocenters. The lowest BCUT2D eigenvalue weighted by Gasteiger charge is -2.11. The molecule has 0 spiro atoms. The number of pyridine rings is 1. The van der Waals surface area contributed by atoms with Crippen molar-refractivity contribution in [1.82, 2.24) is 9.88 Å². The van der Waals surface area contributed by atoms with Gasteiger partial charge in [-0.05, 0) is 57.4 Å². The average molecular weight is 399 g/mol. The van der Waals surface area contributed by atoms with Crippen molar-refractivity contribution in [2.24, 2.45) is 0 Å². The Hall–Kier alpha value is -2.03. The van der Waals surface area contributed by atoms with Gasteiger partial charge in [0.15, 0.2) is 0 Å². The summed E-state index contributed by atoms with van der Waals surface area (Å²) in [7, 11) is 1.75. The lowest BCUT2D eigenvalue weighted by Crippen LogP contribution is -2.16. The van der Waals surface area contributed by atoms with E-state index in [0.717, 1.165) is 19.5 Å². The van der Waals surface area contributed by atoms with E-state index >= 15 is 0 Å².